The lowest BCUT2D eigenvalue weighted by atomic mass is 9.95. The number of fused-ring (bicyclic) bond motifs is 1. The number of nitrogens with two attached hydrogens (primary N) is 1. The van der Waals surface area contributed by atoms with Crippen LogP contribution in [0.2, 0.25) is 5.02 Å². The molecule has 322 valence electrons. The molecule has 2 amide bonds. The lowest BCUT2D eigenvalue weighted by Crippen LogP contribution is -2.43. The Hall–Kier alpha value is -7.26. The van der Waals surface area contributed by atoms with Crippen LogP contribution < -0.4 is 25.8 Å². The van der Waals surface area contributed by atoms with Crippen molar-refractivity contribution in [1.29, 1.82) is 0 Å². The molecule has 0 radical (unpaired) electrons. The van der Waals surface area contributed by atoms with Crippen LogP contribution in [0.25, 0.3) is 6.08 Å². The van der Waals surface area contributed by atoms with Gasteiger partial charge in [-0.2, -0.15) is 0 Å². The van der Waals surface area contributed by atoms with E-state index in [0.29, 0.717) is 81.7 Å². The number of carbonyl (C=O) groups is 3. The number of guanidine groups is 1. The quantitative estimate of drug-likeness (QED) is 0.0795. The number of rotatable bonds is 9. The number of esters is 1. The van der Waals surface area contributed by atoms with Gasteiger partial charge in [0.25, 0.3) is 5.91 Å². The van der Waals surface area contributed by atoms with Crippen LogP contribution in [-0.2, 0) is 9.53 Å². The molecule has 0 bridgehead atoms. The number of amides is 2. The van der Waals surface area contributed by atoms with E-state index in [1.54, 1.807) is 78.8 Å². The van der Waals surface area contributed by atoms with E-state index in [1.165, 1.54) is 27.4 Å². The summed E-state index contributed by atoms with van der Waals surface area (Å²) in [6, 6.07) is 20.0. The third-order valence-electron chi connectivity index (χ3n) is 10.2. The van der Waals surface area contributed by atoms with Crippen LogP contribution in [-0.4, -0.2) is 102 Å². The minimum Gasteiger partial charge on any atom is -0.496 e. The molecule has 13 nitrogen and oxygen atoms in total. The molecular formula is C48H45ClFN7O6. The molecule has 1 saturated heterocycles. The molecule has 4 N–H and O–H groups in total. The summed E-state index contributed by atoms with van der Waals surface area (Å²) in [5.41, 5.74) is 10.6. The van der Waals surface area contributed by atoms with Crippen LogP contribution in [0.4, 0.5) is 10.1 Å². The summed E-state index contributed by atoms with van der Waals surface area (Å²) in [7, 11) is 5.86. The van der Waals surface area contributed by atoms with Crippen molar-refractivity contribution in [3.63, 3.8) is 0 Å². The minimum absolute atomic E-state index is 0.123. The zero-order chi connectivity index (χ0) is 44.9. The van der Waals surface area contributed by atoms with Gasteiger partial charge < -0.3 is 35.5 Å². The van der Waals surface area contributed by atoms with Crippen LogP contribution in [0.15, 0.2) is 93.3 Å². The number of hydrogen-bond donors (Lipinski definition) is 3. The molecule has 2 heterocycles. The number of aliphatic imine (C=N–C) groups is 3. The maximum atomic E-state index is 15.2. The number of benzene rings is 4. The van der Waals surface area contributed by atoms with E-state index in [4.69, 9.17) is 36.5 Å². The number of methoxy groups -OCH3 is 3. The SMILES string of the molecule is CN=C(N=CC1=Cc2ccc(Cl)cc2C(c2c(F)cccc2OC)=NC1)Nc1ccc(C(=O)N2CCC(C(=O)NCC#Cc3ccc(C(=O)OC)c(C#CCN)c3)CC2)c(OC)c1. The van der Waals surface area contributed by atoms with Crippen molar-refractivity contribution in [2.75, 3.05) is 66.4 Å². The average Bonchev–Trinajstić information content (AvgIpc) is 3.48. The van der Waals surface area contributed by atoms with Crippen molar-refractivity contribution in [2.24, 2.45) is 26.6 Å². The molecule has 63 heavy (non-hydrogen) atoms. The Labute approximate surface area is 370 Å². The summed E-state index contributed by atoms with van der Waals surface area (Å²) >= 11 is 6.38. The fourth-order valence-corrected chi connectivity index (χ4v) is 7.19. The smallest absolute Gasteiger partial charge is 0.339 e. The van der Waals surface area contributed by atoms with E-state index in [2.05, 4.69) is 44.3 Å². The van der Waals surface area contributed by atoms with Crippen molar-refractivity contribution < 1.29 is 33.0 Å². The number of piperidine rings is 1. The minimum atomic E-state index is -0.512. The molecule has 2 aliphatic rings. The summed E-state index contributed by atoms with van der Waals surface area (Å²) in [5.74, 6) is 10.9. The van der Waals surface area contributed by atoms with Crippen LogP contribution in [0, 0.1) is 35.4 Å². The molecule has 15 heteroatoms. The van der Waals surface area contributed by atoms with Gasteiger partial charge in [-0.25, -0.2) is 14.2 Å². The van der Waals surface area contributed by atoms with E-state index < -0.39 is 11.8 Å². The highest BCUT2D eigenvalue weighted by Crippen LogP contribution is 2.31. The van der Waals surface area contributed by atoms with Crippen LogP contribution in [0.3, 0.4) is 0 Å². The first kappa shape index (κ1) is 45.3. The Bertz CT molecular complexity index is 2660. The summed E-state index contributed by atoms with van der Waals surface area (Å²) in [5, 5.41) is 6.52. The summed E-state index contributed by atoms with van der Waals surface area (Å²) in [4.78, 5) is 54.2. The number of likely N-dealkylation sites (tertiary alicyclic amines) is 1. The number of nitrogens with zero attached hydrogens (tertiary/aromatic N) is 4. The van der Waals surface area contributed by atoms with Gasteiger partial charge in [0.05, 0.1) is 63.4 Å². The molecular weight excluding hydrogens is 825 g/mol. The monoisotopic (exact) mass is 869 g/mol. The van der Waals surface area contributed by atoms with Crippen LogP contribution in [0.5, 0.6) is 11.5 Å². The summed E-state index contributed by atoms with van der Waals surface area (Å²) in [6.45, 7) is 1.22. The Kier molecular flexibility index (Phi) is 15.5. The molecule has 1 fully saturated rings. The van der Waals surface area contributed by atoms with Gasteiger partial charge in [-0.1, -0.05) is 47.4 Å². The van der Waals surface area contributed by atoms with Crippen molar-refractivity contribution in [3.8, 4) is 35.2 Å². The number of nitrogens with one attached hydrogen (secondary N) is 2. The predicted octanol–water partition coefficient (Wildman–Crippen LogP) is 6.02. The first-order valence-electron chi connectivity index (χ1n) is 19.9. The summed E-state index contributed by atoms with van der Waals surface area (Å²) < 4.78 is 31.2. The van der Waals surface area contributed by atoms with E-state index in [0.717, 1.165) is 11.1 Å². The second-order valence-corrected chi connectivity index (χ2v) is 14.6. The number of halogens is 2. The molecule has 4 aromatic rings. The van der Waals surface area contributed by atoms with Gasteiger partial charge in [0.15, 0.2) is 0 Å². The molecule has 0 aliphatic carbocycles. The molecule has 2 aliphatic heterocycles. The van der Waals surface area contributed by atoms with Gasteiger partial charge in [-0.05, 0) is 84.7 Å². The summed E-state index contributed by atoms with van der Waals surface area (Å²) in [6.07, 6.45) is 4.52. The highest BCUT2D eigenvalue weighted by Gasteiger charge is 2.29. The topological polar surface area (TPSA) is 169 Å². The van der Waals surface area contributed by atoms with Gasteiger partial charge in [0.2, 0.25) is 11.9 Å². The molecule has 0 saturated carbocycles. The first-order valence-corrected chi connectivity index (χ1v) is 20.3. The number of carbonyl (C=O) groups excluding carboxylic acids is 3. The largest absolute Gasteiger partial charge is 0.496 e. The average molecular weight is 870 g/mol. The fraction of sp³-hybridized carbons (Fsp3) is 0.250. The van der Waals surface area contributed by atoms with Gasteiger partial charge >= 0.3 is 5.97 Å². The Morgan fingerprint density at radius 2 is 1.75 bits per heavy atom. The van der Waals surface area contributed by atoms with Gasteiger partial charge in [-0.15, -0.1) is 0 Å². The van der Waals surface area contributed by atoms with Crippen LogP contribution in [0.1, 0.15) is 61.4 Å². The number of ether oxygens (including phenoxy) is 3. The first-order chi connectivity index (χ1) is 30.6. The lowest BCUT2D eigenvalue weighted by molar-refractivity contribution is -0.126. The zero-order valence-corrected chi connectivity index (χ0v) is 35.9. The molecule has 0 aromatic heterocycles. The van der Waals surface area contributed by atoms with E-state index in [1.807, 2.05) is 12.1 Å². The Morgan fingerprint density at radius 1 is 0.968 bits per heavy atom. The van der Waals surface area contributed by atoms with Crippen molar-refractivity contribution >= 4 is 59.0 Å². The highest BCUT2D eigenvalue weighted by molar-refractivity contribution is 6.31. The lowest BCUT2D eigenvalue weighted by Gasteiger charge is -2.31. The van der Waals surface area contributed by atoms with E-state index in [-0.39, 0.29) is 48.9 Å². The van der Waals surface area contributed by atoms with Gasteiger partial charge in [0, 0.05) is 65.7 Å². The van der Waals surface area contributed by atoms with Gasteiger partial charge in [0.1, 0.15) is 17.3 Å². The molecule has 0 atom stereocenters. The molecule has 4 aromatic carbocycles. The fourth-order valence-electron chi connectivity index (χ4n) is 7.02. The second kappa shape index (κ2) is 21.5. The Balaban J connectivity index is 1.05. The highest BCUT2D eigenvalue weighted by atomic mass is 35.5. The Morgan fingerprint density at radius 3 is 2.48 bits per heavy atom. The predicted molar refractivity (Wildman–Crippen MR) is 244 cm³/mol. The second-order valence-electron chi connectivity index (χ2n) is 14.1. The molecule has 0 spiro atoms. The van der Waals surface area contributed by atoms with E-state index >= 15 is 4.39 Å². The third-order valence-corrected chi connectivity index (χ3v) is 10.4. The maximum Gasteiger partial charge on any atom is 0.339 e. The van der Waals surface area contributed by atoms with Crippen LogP contribution >= 0.6 is 11.6 Å². The van der Waals surface area contributed by atoms with Gasteiger partial charge in [-0.3, -0.25) is 19.6 Å². The standard InChI is InChI=1S/C48H45ClFN7O6/c1-52-48(55-29-31-25-34-13-14-35(49)26-39(34)44(54-28-31)43-40(50)10-5-11-41(43)61-2)56-36-15-17-38(42(27-36)62-3)46(59)57-22-18-32(19-23-57)45(58)53-21-7-8-30-12-16-37(47(60)63-4)33(24-30)9-6-20-51/h5,10-17,24-27,29,32H,18-23,28,51H2,1-4H3,(H,52,56)(H,53,58). The number of anilines is 1. The van der Waals surface area contributed by atoms with Crippen molar-refractivity contribution in [2.45, 2.75) is 12.8 Å². The molecule has 6 rings (SSSR count). The van der Waals surface area contributed by atoms with E-state index in [9.17, 15) is 14.4 Å². The maximum absolute atomic E-state index is 15.2. The third kappa shape index (κ3) is 11.2. The van der Waals surface area contributed by atoms with Crippen molar-refractivity contribution in [3.05, 3.63) is 128 Å². The van der Waals surface area contributed by atoms with Crippen molar-refractivity contribution in [1.82, 2.24) is 10.2 Å². The number of hydrogen-bond acceptors (Lipinski definition) is 9. The zero-order valence-electron chi connectivity index (χ0n) is 35.2. The molecule has 0 unspecified atom stereocenters. The normalized spacial score (nSPS) is 13.8.